The predicted molar refractivity (Wildman–Crippen MR) is 67.1 cm³/mol. The molecule has 0 bridgehead atoms. The summed E-state index contributed by atoms with van der Waals surface area (Å²) in [7, 11) is 1.68. The van der Waals surface area contributed by atoms with Crippen molar-refractivity contribution in [3.05, 3.63) is 16.3 Å². The molecule has 6 nitrogen and oxygen atoms in total. The number of aromatic nitrogens is 2. The molecule has 0 amide bonds. The summed E-state index contributed by atoms with van der Waals surface area (Å²) in [5, 5.41) is 18.0. The van der Waals surface area contributed by atoms with Crippen LogP contribution in [0.2, 0.25) is 0 Å². The quantitative estimate of drug-likeness (QED) is 0.452. The van der Waals surface area contributed by atoms with Crippen molar-refractivity contribution in [2.45, 2.75) is 45.6 Å². The van der Waals surface area contributed by atoms with Crippen LogP contribution in [0.15, 0.2) is 6.20 Å². The van der Waals surface area contributed by atoms with Gasteiger partial charge in [-0.25, -0.2) is 0 Å². The van der Waals surface area contributed by atoms with Gasteiger partial charge in [0.05, 0.1) is 4.92 Å². The van der Waals surface area contributed by atoms with Gasteiger partial charge in [-0.15, -0.1) is 5.10 Å². The van der Waals surface area contributed by atoms with E-state index in [9.17, 15) is 10.1 Å². The van der Waals surface area contributed by atoms with Crippen LogP contribution in [-0.4, -0.2) is 20.7 Å². The van der Waals surface area contributed by atoms with Gasteiger partial charge in [0.15, 0.2) is 0 Å². The monoisotopic (exact) mass is 240 g/mol. The number of aryl methyl sites for hydroxylation is 1. The van der Waals surface area contributed by atoms with E-state index in [0.29, 0.717) is 5.82 Å². The molecule has 0 radical (unpaired) electrons. The first-order valence-corrected chi connectivity index (χ1v) is 5.99. The Morgan fingerprint density at radius 1 is 1.59 bits per heavy atom. The molecule has 1 N–H and O–H groups in total. The Labute approximate surface area is 101 Å². The normalized spacial score (nSPS) is 12.4. The number of nitrogens with one attached hydrogen (secondary N) is 1. The van der Waals surface area contributed by atoms with Crippen molar-refractivity contribution in [1.82, 2.24) is 9.78 Å². The Morgan fingerprint density at radius 2 is 2.29 bits per heavy atom. The fourth-order valence-electron chi connectivity index (χ4n) is 1.72. The molecule has 0 aliphatic heterocycles. The molecule has 1 atom stereocenters. The second kappa shape index (κ2) is 6.22. The summed E-state index contributed by atoms with van der Waals surface area (Å²) in [6.45, 7) is 4.18. The molecule has 1 aromatic rings. The second-order valence-electron chi connectivity index (χ2n) is 4.33. The Kier molecular flexibility index (Phi) is 4.93. The van der Waals surface area contributed by atoms with E-state index in [1.807, 2.05) is 6.92 Å². The van der Waals surface area contributed by atoms with Gasteiger partial charge in [-0.1, -0.05) is 26.2 Å². The van der Waals surface area contributed by atoms with Gasteiger partial charge in [0.25, 0.3) is 0 Å². The molecule has 0 fully saturated rings. The summed E-state index contributed by atoms with van der Waals surface area (Å²) in [6.07, 6.45) is 5.92. The van der Waals surface area contributed by atoms with Crippen molar-refractivity contribution < 1.29 is 4.92 Å². The van der Waals surface area contributed by atoms with Crippen LogP contribution in [0.25, 0.3) is 0 Å². The maximum atomic E-state index is 10.8. The molecule has 0 aliphatic carbocycles. The Hall–Kier alpha value is -1.59. The van der Waals surface area contributed by atoms with E-state index in [4.69, 9.17) is 0 Å². The molecule has 1 unspecified atom stereocenters. The van der Waals surface area contributed by atoms with Crippen molar-refractivity contribution in [1.29, 1.82) is 0 Å². The molecule has 17 heavy (non-hydrogen) atoms. The molecular formula is C11H20N4O2. The lowest BCUT2D eigenvalue weighted by Gasteiger charge is -2.12. The molecule has 0 aliphatic rings. The molecule has 1 rings (SSSR count). The maximum Gasteiger partial charge on any atom is 0.330 e. The van der Waals surface area contributed by atoms with E-state index in [1.165, 1.54) is 23.7 Å². The first-order chi connectivity index (χ1) is 8.04. The minimum Gasteiger partial charge on any atom is -0.360 e. The molecular weight excluding hydrogens is 220 g/mol. The fourth-order valence-corrected chi connectivity index (χ4v) is 1.72. The van der Waals surface area contributed by atoms with Crippen molar-refractivity contribution in [2.75, 3.05) is 5.32 Å². The zero-order chi connectivity index (χ0) is 12.8. The van der Waals surface area contributed by atoms with Crippen LogP contribution in [0.5, 0.6) is 0 Å². The highest BCUT2D eigenvalue weighted by molar-refractivity contribution is 5.54. The average molecular weight is 240 g/mol. The summed E-state index contributed by atoms with van der Waals surface area (Å²) in [6, 6.07) is 0.204. The molecule has 96 valence electrons. The topological polar surface area (TPSA) is 73.0 Å². The van der Waals surface area contributed by atoms with Gasteiger partial charge < -0.3 is 5.32 Å². The number of unbranched alkanes of at least 4 members (excludes halogenated alkanes) is 2. The Balaban J connectivity index is 2.58. The first-order valence-electron chi connectivity index (χ1n) is 5.99. The van der Waals surface area contributed by atoms with Gasteiger partial charge in [-0.3, -0.25) is 14.8 Å². The largest absolute Gasteiger partial charge is 0.360 e. The van der Waals surface area contributed by atoms with E-state index in [-0.39, 0.29) is 11.7 Å². The standard InChI is InChI=1S/C11H20N4O2/c1-4-5-6-7-9(2)12-11-10(15(16)17)8-14(3)13-11/h8-9H,4-7H2,1-3H3,(H,12,13). The molecule has 0 aromatic carbocycles. The van der Waals surface area contributed by atoms with Gasteiger partial charge in [0.1, 0.15) is 6.20 Å². The SMILES string of the molecule is CCCCCC(C)Nc1nn(C)cc1[N+](=O)[O-]. The van der Waals surface area contributed by atoms with Crippen LogP contribution in [0.1, 0.15) is 39.5 Å². The zero-order valence-corrected chi connectivity index (χ0v) is 10.6. The van der Waals surface area contributed by atoms with Gasteiger partial charge in [0, 0.05) is 13.1 Å². The van der Waals surface area contributed by atoms with Crippen LogP contribution in [0.4, 0.5) is 11.5 Å². The minimum atomic E-state index is -0.409. The van der Waals surface area contributed by atoms with Crippen molar-refractivity contribution >= 4 is 11.5 Å². The van der Waals surface area contributed by atoms with E-state index < -0.39 is 4.92 Å². The third kappa shape index (κ3) is 4.05. The zero-order valence-electron chi connectivity index (χ0n) is 10.6. The average Bonchev–Trinajstić information content (AvgIpc) is 2.60. The Morgan fingerprint density at radius 3 is 2.88 bits per heavy atom. The number of hydrogen-bond acceptors (Lipinski definition) is 4. The number of nitro groups is 1. The molecule has 0 saturated heterocycles. The van der Waals surface area contributed by atoms with E-state index >= 15 is 0 Å². The summed E-state index contributed by atoms with van der Waals surface area (Å²) < 4.78 is 1.46. The summed E-state index contributed by atoms with van der Waals surface area (Å²) in [5.74, 6) is 0.362. The highest BCUT2D eigenvalue weighted by Crippen LogP contribution is 2.22. The van der Waals surface area contributed by atoms with Gasteiger partial charge in [-0.05, 0) is 13.3 Å². The van der Waals surface area contributed by atoms with E-state index in [0.717, 1.165) is 12.8 Å². The molecule has 6 heteroatoms. The smallest absolute Gasteiger partial charge is 0.330 e. The Bertz CT molecular complexity index is 376. The fraction of sp³-hybridized carbons (Fsp3) is 0.727. The van der Waals surface area contributed by atoms with E-state index in [1.54, 1.807) is 7.05 Å². The predicted octanol–water partition coefficient (Wildman–Crippen LogP) is 2.71. The molecule has 1 heterocycles. The van der Waals surface area contributed by atoms with Crippen LogP contribution in [0.3, 0.4) is 0 Å². The van der Waals surface area contributed by atoms with Crippen LogP contribution >= 0.6 is 0 Å². The number of nitrogens with zero attached hydrogens (tertiary/aromatic N) is 3. The van der Waals surface area contributed by atoms with Gasteiger partial charge in [0.2, 0.25) is 5.82 Å². The van der Waals surface area contributed by atoms with Crippen molar-refractivity contribution in [2.24, 2.45) is 7.05 Å². The van der Waals surface area contributed by atoms with E-state index in [2.05, 4.69) is 17.3 Å². The summed E-state index contributed by atoms with van der Waals surface area (Å²) in [4.78, 5) is 10.4. The summed E-state index contributed by atoms with van der Waals surface area (Å²) >= 11 is 0. The molecule has 0 saturated carbocycles. The number of anilines is 1. The van der Waals surface area contributed by atoms with Crippen LogP contribution < -0.4 is 5.32 Å². The molecule has 1 aromatic heterocycles. The minimum absolute atomic E-state index is 0.0369. The maximum absolute atomic E-state index is 10.8. The lowest BCUT2D eigenvalue weighted by molar-refractivity contribution is -0.384. The van der Waals surface area contributed by atoms with Crippen LogP contribution in [0, 0.1) is 10.1 Å². The first kappa shape index (κ1) is 13.5. The highest BCUT2D eigenvalue weighted by Gasteiger charge is 2.19. The number of rotatable bonds is 7. The lowest BCUT2D eigenvalue weighted by Crippen LogP contribution is -2.16. The third-order valence-corrected chi connectivity index (χ3v) is 2.63. The number of hydrogen-bond donors (Lipinski definition) is 1. The van der Waals surface area contributed by atoms with Gasteiger partial charge >= 0.3 is 5.69 Å². The lowest BCUT2D eigenvalue weighted by atomic mass is 10.1. The highest BCUT2D eigenvalue weighted by atomic mass is 16.6. The second-order valence-corrected chi connectivity index (χ2v) is 4.33. The van der Waals surface area contributed by atoms with Crippen molar-refractivity contribution in [3.63, 3.8) is 0 Å². The van der Waals surface area contributed by atoms with Crippen LogP contribution in [-0.2, 0) is 7.05 Å². The van der Waals surface area contributed by atoms with Crippen molar-refractivity contribution in [3.8, 4) is 0 Å². The van der Waals surface area contributed by atoms with Gasteiger partial charge in [-0.2, -0.15) is 0 Å². The molecule has 0 spiro atoms. The third-order valence-electron chi connectivity index (χ3n) is 2.63. The summed E-state index contributed by atoms with van der Waals surface area (Å²) in [5.41, 5.74) is 0.0369.